The van der Waals surface area contributed by atoms with Gasteiger partial charge in [-0.05, 0) is 43.7 Å². The molecule has 0 aliphatic heterocycles. The fourth-order valence-corrected chi connectivity index (χ4v) is 3.05. The highest BCUT2D eigenvalue weighted by atomic mass is 16.5. The number of carbonyl (C=O) groups is 2. The van der Waals surface area contributed by atoms with Gasteiger partial charge in [-0.2, -0.15) is 0 Å². The van der Waals surface area contributed by atoms with Crippen LogP contribution < -0.4 is 20.5 Å². The molecule has 0 aliphatic carbocycles. The molecule has 0 aliphatic rings. The maximum atomic E-state index is 11.9. The minimum Gasteiger partial charge on any atom is -0.497 e. The Bertz CT molecular complexity index is 982. The largest absolute Gasteiger partial charge is 0.497 e. The summed E-state index contributed by atoms with van der Waals surface area (Å²) in [5.74, 6) is 0.847. The number of nitrogens with two attached hydrogens (primary N) is 1. The van der Waals surface area contributed by atoms with Crippen molar-refractivity contribution in [2.45, 2.75) is 12.8 Å². The second-order valence-electron chi connectivity index (χ2n) is 6.56. The minimum atomic E-state index is -0.601. The number of methoxy groups -OCH3 is 1. The van der Waals surface area contributed by atoms with Crippen molar-refractivity contribution in [1.82, 2.24) is 5.32 Å². The lowest BCUT2D eigenvalue weighted by Gasteiger charge is -2.07. The minimum absolute atomic E-state index is 0.0248. The summed E-state index contributed by atoms with van der Waals surface area (Å²) >= 11 is 0. The fraction of sp³-hybridized carbons (Fsp3) is 0.273. The average molecular weight is 396 g/mol. The standard InChI is InChI=1S/C22H24N2O5/c1-27-17-9-10-18-19(21(22(23)26)29-20(18)12-17)8-5-11-24-13-15(25)14-28-16-6-3-2-4-7-16/h2-4,6-7,9-10,12,24H,5,8,11,13-14H2,1H3,(H2,23,26). The number of fused-ring (bicyclic) bond motifs is 1. The van der Waals surface area contributed by atoms with E-state index in [1.807, 2.05) is 42.5 Å². The van der Waals surface area contributed by atoms with Crippen molar-refractivity contribution in [2.24, 2.45) is 5.73 Å². The normalized spacial score (nSPS) is 10.8. The van der Waals surface area contributed by atoms with Crippen molar-refractivity contribution in [1.29, 1.82) is 0 Å². The average Bonchev–Trinajstić information content (AvgIpc) is 3.10. The van der Waals surface area contributed by atoms with Crippen LogP contribution in [0.15, 0.2) is 52.9 Å². The Morgan fingerprint density at radius 3 is 2.62 bits per heavy atom. The van der Waals surface area contributed by atoms with Gasteiger partial charge in [-0.25, -0.2) is 0 Å². The number of rotatable bonds is 11. The highest BCUT2D eigenvalue weighted by molar-refractivity contribution is 5.98. The molecular formula is C22H24N2O5. The maximum Gasteiger partial charge on any atom is 0.284 e. The monoisotopic (exact) mass is 396 g/mol. The third-order valence-corrected chi connectivity index (χ3v) is 4.47. The summed E-state index contributed by atoms with van der Waals surface area (Å²) < 4.78 is 16.2. The van der Waals surface area contributed by atoms with E-state index >= 15 is 0 Å². The molecule has 0 saturated carbocycles. The number of furan rings is 1. The summed E-state index contributed by atoms with van der Waals surface area (Å²) in [4.78, 5) is 23.6. The van der Waals surface area contributed by atoms with Crippen LogP contribution in [0.4, 0.5) is 0 Å². The molecule has 3 rings (SSSR count). The quantitative estimate of drug-likeness (QED) is 0.483. The first kappa shape index (κ1) is 20.4. The molecule has 3 N–H and O–H groups in total. The van der Waals surface area contributed by atoms with E-state index in [4.69, 9.17) is 19.6 Å². The number of nitrogens with one attached hydrogen (secondary N) is 1. The molecule has 0 radical (unpaired) electrons. The summed E-state index contributed by atoms with van der Waals surface area (Å²) in [7, 11) is 1.57. The molecule has 0 fully saturated rings. The van der Waals surface area contributed by atoms with Gasteiger partial charge in [0.2, 0.25) is 0 Å². The molecule has 0 spiro atoms. The number of carbonyl (C=O) groups excluding carboxylic acids is 2. The predicted molar refractivity (Wildman–Crippen MR) is 109 cm³/mol. The smallest absolute Gasteiger partial charge is 0.284 e. The van der Waals surface area contributed by atoms with Crippen LogP contribution in [0, 0.1) is 0 Å². The number of para-hydroxylation sites is 1. The van der Waals surface area contributed by atoms with Crippen molar-refractivity contribution in [3.63, 3.8) is 0 Å². The van der Waals surface area contributed by atoms with E-state index in [0.717, 1.165) is 10.9 Å². The molecular weight excluding hydrogens is 372 g/mol. The Hall–Kier alpha value is -3.32. The van der Waals surface area contributed by atoms with Crippen LogP contribution in [0.1, 0.15) is 22.5 Å². The zero-order chi connectivity index (χ0) is 20.6. The zero-order valence-corrected chi connectivity index (χ0v) is 16.3. The van der Waals surface area contributed by atoms with Crippen molar-refractivity contribution < 1.29 is 23.5 Å². The molecule has 0 unspecified atom stereocenters. The van der Waals surface area contributed by atoms with E-state index in [-0.39, 0.29) is 24.7 Å². The fourth-order valence-electron chi connectivity index (χ4n) is 3.05. The van der Waals surface area contributed by atoms with Gasteiger partial charge < -0.3 is 24.9 Å². The van der Waals surface area contributed by atoms with E-state index in [1.165, 1.54) is 0 Å². The van der Waals surface area contributed by atoms with Crippen LogP contribution in [0.3, 0.4) is 0 Å². The molecule has 0 saturated heterocycles. The number of ketones is 1. The van der Waals surface area contributed by atoms with Crippen molar-refractivity contribution in [3.05, 3.63) is 59.9 Å². The Labute approximate surface area is 168 Å². The molecule has 1 aromatic heterocycles. The number of hydrogen-bond donors (Lipinski definition) is 2. The van der Waals surface area contributed by atoms with E-state index in [1.54, 1.807) is 13.2 Å². The molecule has 7 heteroatoms. The van der Waals surface area contributed by atoms with Gasteiger partial charge in [0, 0.05) is 17.0 Å². The summed E-state index contributed by atoms with van der Waals surface area (Å²) in [5, 5.41) is 3.94. The number of benzene rings is 2. The summed E-state index contributed by atoms with van der Waals surface area (Å²) in [6.45, 7) is 0.855. The van der Waals surface area contributed by atoms with Crippen molar-refractivity contribution in [2.75, 3.05) is 26.8 Å². The van der Waals surface area contributed by atoms with Gasteiger partial charge in [-0.1, -0.05) is 18.2 Å². The summed E-state index contributed by atoms with van der Waals surface area (Å²) in [6.07, 6.45) is 1.31. The predicted octanol–water partition coefficient (Wildman–Crippen LogP) is 2.71. The van der Waals surface area contributed by atoms with Crippen LogP contribution >= 0.6 is 0 Å². The molecule has 0 bridgehead atoms. The van der Waals surface area contributed by atoms with Crippen LogP contribution in [-0.2, 0) is 11.2 Å². The Balaban J connectivity index is 1.48. The second kappa shape index (κ2) is 9.75. The van der Waals surface area contributed by atoms with Gasteiger partial charge in [-0.15, -0.1) is 0 Å². The lowest BCUT2D eigenvalue weighted by atomic mass is 10.0. The van der Waals surface area contributed by atoms with Crippen LogP contribution in [0.5, 0.6) is 11.5 Å². The van der Waals surface area contributed by atoms with E-state index < -0.39 is 5.91 Å². The zero-order valence-electron chi connectivity index (χ0n) is 16.3. The lowest BCUT2D eigenvalue weighted by molar-refractivity contribution is -0.120. The number of hydrogen-bond acceptors (Lipinski definition) is 6. The first-order chi connectivity index (χ1) is 14.1. The summed E-state index contributed by atoms with van der Waals surface area (Å²) in [5.41, 5.74) is 6.80. The van der Waals surface area contributed by atoms with Gasteiger partial charge in [0.05, 0.1) is 13.7 Å². The van der Waals surface area contributed by atoms with Gasteiger partial charge >= 0.3 is 0 Å². The molecule has 3 aromatic rings. The Morgan fingerprint density at radius 1 is 1.10 bits per heavy atom. The molecule has 1 amide bonds. The van der Waals surface area contributed by atoms with Gasteiger partial charge in [0.15, 0.2) is 11.5 Å². The summed E-state index contributed by atoms with van der Waals surface area (Å²) in [6, 6.07) is 14.6. The van der Waals surface area contributed by atoms with Gasteiger partial charge in [0.25, 0.3) is 5.91 Å². The van der Waals surface area contributed by atoms with Gasteiger partial charge in [0.1, 0.15) is 23.7 Å². The molecule has 0 atom stereocenters. The van der Waals surface area contributed by atoms with E-state index in [2.05, 4.69) is 5.32 Å². The van der Waals surface area contributed by atoms with Crippen molar-refractivity contribution in [3.8, 4) is 11.5 Å². The third kappa shape index (κ3) is 5.36. The maximum absolute atomic E-state index is 11.9. The van der Waals surface area contributed by atoms with Crippen LogP contribution in [-0.4, -0.2) is 38.5 Å². The number of aryl methyl sites for hydroxylation is 1. The number of primary amides is 1. The first-order valence-corrected chi connectivity index (χ1v) is 9.38. The highest BCUT2D eigenvalue weighted by Crippen LogP contribution is 2.29. The van der Waals surface area contributed by atoms with E-state index in [0.29, 0.717) is 36.5 Å². The molecule has 2 aromatic carbocycles. The van der Waals surface area contributed by atoms with Crippen LogP contribution in [0.2, 0.25) is 0 Å². The number of ether oxygens (including phenoxy) is 2. The number of Topliss-reactive ketones (excluding diaryl/α,β-unsaturated/α-hetero) is 1. The van der Waals surface area contributed by atoms with Crippen molar-refractivity contribution >= 4 is 22.7 Å². The first-order valence-electron chi connectivity index (χ1n) is 9.38. The molecule has 1 heterocycles. The number of amides is 1. The molecule has 152 valence electrons. The second-order valence-corrected chi connectivity index (χ2v) is 6.56. The van der Waals surface area contributed by atoms with E-state index in [9.17, 15) is 9.59 Å². The Kier molecular flexibility index (Phi) is 6.86. The Morgan fingerprint density at radius 2 is 1.90 bits per heavy atom. The highest BCUT2D eigenvalue weighted by Gasteiger charge is 2.18. The topological polar surface area (TPSA) is 104 Å². The van der Waals surface area contributed by atoms with Crippen LogP contribution in [0.25, 0.3) is 11.0 Å². The SMILES string of the molecule is COc1ccc2c(CCCNCC(=O)COc3ccccc3)c(C(N)=O)oc2c1. The van der Waals surface area contributed by atoms with Gasteiger partial charge in [-0.3, -0.25) is 9.59 Å². The lowest BCUT2D eigenvalue weighted by Crippen LogP contribution is -2.28. The molecule has 29 heavy (non-hydrogen) atoms. The molecule has 7 nitrogen and oxygen atoms in total. The third-order valence-electron chi connectivity index (χ3n) is 4.47.